The molecular formula is C38H45N5O5. The molecule has 5 heterocycles. The number of carbonyl (C=O) groups is 3. The first-order valence-corrected chi connectivity index (χ1v) is 16.6. The first-order chi connectivity index (χ1) is 22.9. The van der Waals surface area contributed by atoms with Crippen LogP contribution >= 0.6 is 0 Å². The van der Waals surface area contributed by atoms with E-state index in [0.29, 0.717) is 29.9 Å². The summed E-state index contributed by atoms with van der Waals surface area (Å²) in [5.41, 5.74) is 9.75. The molecule has 5 rings (SSSR count). The number of ether oxygens (including phenoxy) is 1. The number of aromatic nitrogens is 4. The second-order valence-corrected chi connectivity index (χ2v) is 12.6. The second kappa shape index (κ2) is 14.0. The third kappa shape index (κ3) is 6.19. The average molecular weight is 652 g/mol. The minimum absolute atomic E-state index is 0.0722. The van der Waals surface area contributed by atoms with Crippen molar-refractivity contribution in [2.24, 2.45) is 0 Å². The number of fused-ring (bicyclic) bond motifs is 8. The molecule has 48 heavy (non-hydrogen) atoms. The van der Waals surface area contributed by atoms with Gasteiger partial charge < -0.3 is 25.1 Å². The molecule has 1 amide bonds. The van der Waals surface area contributed by atoms with Crippen LogP contribution in [0.4, 0.5) is 0 Å². The van der Waals surface area contributed by atoms with Crippen LogP contribution in [0.5, 0.6) is 0 Å². The number of carbonyl (C=O) groups excluding carboxylic acids is 2. The number of nitrogens with one attached hydrogen (secondary N) is 3. The van der Waals surface area contributed by atoms with Crippen molar-refractivity contribution in [3.63, 3.8) is 0 Å². The van der Waals surface area contributed by atoms with Crippen LogP contribution in [0.2, 0.25) is 0 Å². The average Bonchev–Trinajstić information content (AvgIpc) is 3.73. The van der Waals surface area contributed by atoms with Crippen LogP contribution in [-0.2, 0) is 20.7 Å². The van der Waals surface area contributed by atoms with Crippen molar-refractivity contribution in [2.45, 2.75) is 85.5 Å². The summed E-state index contributed by atoms with van der Waals surface area (Å²) in [5.74, 6) is -2.72. The maximum absolute atomic E-state index is 13.8. The molecule has 0 aliphatic carbocycles. The van der Waals surface area contributed by atoms with Gasteiger partial charge in [0.2, 0.25) is 0 Å². The quantitative estimate of drug-likeness (QED) is 0.131. The van der Waals surface area contributed by atoms with Crippen LogP contribution < -0.4 is 5.32 Å². The zero-order valence-corrected chi connectivity index (χ0v) is 28.9. The van der Waals surface area contributed by atoms with E-state index in [4.69, 9.17) is 14.7 Å². The molecular weight excluding hydrogens is 606 g/mol. The number of hydrogen-bond donors (Lipinski definition) is 4. The molecule has 2 aliphatic rings. The van der Waals surface area contributed by atoms with Gasteiger partial charge in [0.25, 0.3) is 5.91 Å². The molecule has 0 radical (unpaired) electrons. The Balaban J connectivity index is 1.97. The number of unbranched alkanes of at least 4 members (excludes halogenated alkanes) is 1. The Morgan fingerprint density at radius 1 is 1.02 bits per heavy atom. The Morgan fingerprint density at radius 3 is 2.38 bits per heavy atom. The lowest BCUT2D eigenvalue weighted by Gasteiger charge is -2.17. The highest BCUT2D eigenvalue weighted by Gasteiger charge is 2.37. The van der Waals surface area contributed by atoms with E-state index >= 15 is 0 Å². The van der Waals surface area contributed by atoms with Gasteiger partial charge in [-0.1, -0.05) is 39.8 Å². The molecule has 0 saturated carbocycles. The number of esters is 1. The van der Waals surface area contributed by atoms with E-state index in [1.165, 1.54) is 7.11 Å². The zero-order chi connectivity index (χ0) is 34.9. The number of carboxylic acids is 1. The SMILES string of the molecule is C=Cc1c(C)c2cc3nc(c(C(=O)O)c4nc(cc5[nH]c(cc1[nH]2)c(C)c5CC)C(C)=C4C(=O)NCCCC)[C@@H](CCC(=O)OC)[C@@H]3C. The first-order valence-electron chi connectivity index (χ1n) is 16.6. The van der Waals surface area contributed by atoms with E-state index < -0.39 is 17.9 Å². The van der Waals surface area contributed by atoms with Crippen LogP contribution in [0.1, 0.15) is 121 Å². The Kier molecular flexibility index (Phi) is 10.0. The number of hydrogen-bond acceptors (Lipinski definition) is 6. The smallest absolute Gasteiger partial charge is 0.339 e. The van der Waals surface area contributed by atoms with Gasteiger partial charge in [-0.05, 0) is 80.5 Å². The monoisotopic (exact) mass is 651 g/mol. The minimum Gasteiger partial charge on any atom is -0.478 e. The number of amides is 1. The van der Waals surface area contributed by atoms with E-state index in [1.54, 1.807) is 6.92 Å². The van der Waals surface area contributed by atoms with Gasteiger partial charge >= 0.3 is 11.9 Å². The maximum Gasteiger partial charge on any atom is 0.339 e. The van der Waals surface area contributed by atoms with E-state index in [0.717, 1.165) is 63.6 Å². The van der Waals surface area contributed by atoms with Gasteiger partial charge in [-0.2, -0.15) is 0 Å². The number of aromatic carboxylic acids is 1. The van der Waals surface area contributed by atoms with Gasteiger partial charge in [-0.25, -0.2) is 9.78 Å². The zero-order valence-electron chi connectivity index (χ0n) is 28.9. The van der Waals surface area contributed by atoms with Crippen LogP contribution in [0.25, 0.3) is 39.3 Å². The van der Waals surface area contributed by atoms with E-state index in [1.807, 2.05) is 39.0 Å². The fraction of sp³-hybridized carbons (Fsp3) is 0.395. The summed E-state index contributed by atoms with van der Waals surface area (Å²) in [6.45, 7) is 16.5. The number of aromatic amines is 2. The van der Waals surface area contributed by atoms with E-state index in [9.17, 15) is 19.5 Å². The second-order valence-electron chi connectivity index (χ2n) is 12.6. The highest BCUT2D eigenvalue weighted by atomic mass is 16.5. The molecule has 10 nitrogen and oxygen atoms in total. The largest absolute Gasteiger partial charge is 0.478 e. The third-order valence-corrected chi connectivity index (χ3v) is 9.77. The summed E-state index contributed by atoms with van der Waals surface area (Å²) in [6.07, 6.45) is 4.64. The molecule has 0 fully saturated rings. The van der Waals surface area contributed by atoms with Crippen LogP contribution in [0, 0.1) is 13.8 Å². The van der Waals surface area contributed by atoms with Gasteiger partial charge in [0, 0.05) is 58.1 Å². The molecule has 4 N–H and O–H groups in total. The molecule has 2 atom stereocenters. The molecule has 0 saturated heterocycles. The lowest BCUT2D eigenvalue weighted by atomic mass is 9.85. The molecule has 10 heteroatoms. The number of carboxylic acid groups (broad SMARTS) is 1. The van der Waals surface area contributed by atoms with Gasteiger partial charge in [-0.3, -0.25) is 14.6 Å². The molecule has 2 aliphatic heterocycles. The standard InChI is InChI=1S/C38H45N5O5/c1-9-12-15-39-37(45)33-22(7)29-18-31-24(11-3)20(5)27(41-31)17-30-23(10-2)19(4)26(40-30)16-28-21(6)25(13-14-32(44)48-8)35(42-28)34(38(46)47)36(33)43-29/h10,16-18,21,25,40-41H,2,9,11-15H2,1,3-8H3,(H,39,45)(H,46,47)/t21-,25-/m0/s1. The molecule has 3 aromatic heterocycles. The van der Waals surface area contributed by atoms with Crippen molar-refractivity contribution >= 4 is 57.1 Å². The van der Waals surface area contributed by atoms with Crippen molar-refractivity contribution in [3.8, 4) is 0 Å². The first kappa shape index (κ1) is 34.3. The fourth-order valence-electron chi connectivity index (χ4n) is 6.90. The molecule has 0 unspecified atom stereocenters. The predicted molar refractivity (Wildman–Crippen MR) is 190 cm³/mol. The Labute approximate surface area is 280 Å². The normalized spacial score (nSPS) is 15.8. The number of H-pyrrole nitrogens is 2. The molecule has 3 aromatic rings. The topological polar surface area (TPSA) is 150 Å². The van der Waals surface area contributed by atoms with Gasteiger partial charge in [-0.15, -0.1) is 0 Å². The summed E-state index contributed by atoms with van der Waals surface area (Å²) in [7, 11) is 1.33. The van der Waals surface area contributed by atoms with Crippen LogP contribution in [-0.4, -0.2) is 56.5 Å². The van der Waals surface area contributed by atoms with Crippen molar-refractivity contribution in [1.82, 2.24) is 25.3 Å². The summed E-state index contributed by atoms with van der Waals surface area (Å²) in [6, 6.07) is 5.92. The van der Waals surface area contributed by atoms with Crippen molar-refractivity contribution in [2.75, 3.05) is 13.7 Å². The van der Waals surface area contributed by atoms with Crippen molar-refractivity contribution < 1.29 is 24.2 Å². The highest BCUT2D eigenvalue weighted by molar-refractivity contribution is 6.28. The predicted octanol–water partition coefficient (Wildman–Crippen LogP) is 7.52. The minimum atomic E-state index is -1.24. The summed E-state index contributed by atoms with van der Waals surface area (Å²) >= 11 is 0. The molecule has 0 spiro atoms. The van der Waals surface area contributed by atoms with Gasteiger partial charge in [0.15, 0.2) is 0 Å². The van der Waals surface area contributed by atoms with E-state index in [2.05, 4.69) is 41.8 Å². The van der Waals surface area contributed by atoms with Crippen LogP contribution in [0.15, 0.2) is 24.8 Å². The number of allylic oxidation sites excluding steroid dienone is 1. The van der Waals surface area contributed by atoms with Crippen molar-refractivity contribution in [1.29, 1.82) is 0 Å². The number of nitrogens with zero attached hydrogens (tertiary/aromatic N) is 2. The summed E-state index contributed by atoms with van der Waals surface area (Å²) < 4.78 is 4.93. The van der Waals surface area contributed by atoms with Gasteiger partial charge in [0.05, 0.1) is 29.8 Å². The van der Waals surface area contributed by atoms with Crippen LogP contribution in [0.3, 0.4) is 0 Å². The lowest BCUT2D eigenvalue weighted by Crippen LogP contribution is -2.26. The maximum atomic E-state index is 13.8. The van der Waals surface area contributed by atoms with Crippen molar-refractivity contribution in [3.05, 3.63) is 75.4 Å². The summed E-state index contributed by atoms with van der Waals surface area (Å²) in [4.78, 5) is 56.5. The molecule has 252 valence electrons. The van der Waals surface area contributed by atoms with Gasteiger partial charge in [0.1, 0.15) is 5.56 Å². The molecule has 0 aromatic carbocycles. The number of methoxy groups -OCH3 is 1. The Morgan fingerprint density at radius 2 is 1.73 bits per heavy atom. The third-order valence-electron chi connectivity index (χ3n) is 9.77. The number of aryl methyl sites for hydroxylation is 3. The highest BCUT2D eigenvalue weighted by Crippen LogP contribution is 2.43. The summed E-state index contributed by atoms with van der Waals surface area (Å²) in [5, 5.41) is 13.8. The lowest BCUT2D eigenvalue weighted by molar-refractivity contribution is -0.140. The van der Waals surface area contributed by atoms with E-state index in [-0.39, 0.29) is 40.8 Å². The fourth-order valence-corrected chi connectivity index (χ4v) is 6.90. The molecule has 8 bridgehead atoms. The number of rotatable bonds is 10. The Hall–Kier alpha value is -4.99. The Bertz CT molecular complexity index is 2010.